The van der Waals surface area contributed by atoms with Crippen LogP contribution in [0.3, 0.4) is 0 Å². The van der Waals surface area contributed by atoms with Gasteiger partial charge in [0.2, 0.25) is 0 Å². The van der Waals surface area contributed by atoms with Crippen LogP contribution >= 0.6 is 0 Å². The third kappa shape index (κ3) is 2.35. The quantitative estimate of drug-likeness (QED) is 0.645. The highest BCUT2D eigenvalue weighted by Gasteiger charge is 2.48. The van der Waals surface area contributed by atoms with Crippen molar-refractivity contribution in [3.05, 3.63) is 29.8 Å². The van der Waals surface area contributed by atoms with Crippen LogP contribution < -0.4 is 5.73 Å². The molecule has 1 aliphatic rings. The van der Waals surface area contributed by atoms with Crippen LogP contribution in [0.15, 0.2) is 24.3 Å². The Kier molecular flexibility index (Phi) is 3.09. The fourth-order valence-electron chi connectivity index (χ4n) is 2.35. The summed E-state index contributed by atoms with van der Waals surface area (Å²) in [5.74, 6) is -0.119. The smallest absolute Gasteiger partial charge is 0.317 e. The van der Waals surface area contributed by atoms with Crippen LogP contribution in [0.5, 0.6) is 0 Å². The van der Waals surface area contributed by atoms with Gasteiger partial charge >= 0.3 is 5.97 Å². The molecule has 0 aromatic heterocycles. The molecule has 1 fully saturated rings. The Bertz CT molecular complexity index is 456. The van der Waals surface area contributed by atoms with Gasteiger partial charge in [0.25, 0.3) is 0 Å². The highest BCUT2D eigenvalue weighted by Crippen LogP contribution is 2.45. The van der Waals surface area contributed by atoms with Crippen molar-refractivity contribution >= 4 is 11.7 Å². The largest absolute Gasteiger partial charge is 0.459 e. The van der Waals surface area contributed by atoms with Crippen molar-refractivity contribution < 1.29 is 9.53 Å². The van der Waals surface area contributed by atoms with Crippen molar-refractivity contribution in [1.82, 2.24) is 0 Å². The first-order chi connectivity index (χ1) is 8.33. The average molecular weight is 247 g/mol. The summed E-state index contributed by atoms with van der Waals surface area (Å²) < 4.78 is 5.56. The molecule has 18 heavy (non-hydrogen) atoms. The lowest BCUT2D eigenvalue weighted by Crippen LogP contribution is -2.46. The van der Waals surface area contributed by atoms with Crippen molar-refractivity contribution in [3.63, 3.8) is 0 Å². The van der Waals surface area contributed by atoms with Gasteiger partial charge in [0.05, 0.1) is 5.41 Å². The van der Waals surface area contributed by atoms with Gasteiger partial charge < -0.3 is 10.5 Å². The molecule has 2 rings (SSSR count). The summed E-state index contributed by atoms with van der Waals surface area (Å²) in [6, 6.07) is 7.60. The zero-order chi connectivity index (χ0) is 13.4. The SMILES string of the molecule is CC(C)(C)OC(=O)C1(c2cccc(N)c2)CCC1. The predicted molar refractivity (Wildman–Crippen MR) is 72.2 cm³/mol. The van der Waals surface area contributed by atoms with Gasteiger partial charge in [-0.2, -0.15) is 0 Å². The van der Waals surface area contributed by atoms with Crippen molar-refractivity contribution in [1.29, 1.82) is 0 Å². The minimum atomic E-state index is -0.470. The van der Waals surface area contributed by atoms with Crippen LogP contribution in [0.25, 0.3) is 0 Å². The topological polar surface area (TPSA) is 52.3 Å². The van der Waals surface area contributed by atoms with E-state index in [1.54, 1.807) is 0 Å². The highest BCUT2D eigenvalue weighted by atomic mass is 16.6. The third-order valence-corrected chi connectivity index (χ3v) is 3.44. The maximum atomic E-state index is 12.4. The summed E-state index contributed by atoms with van der Waals surface area (Å²) in [6.45, 7) is 5.70. The molecular weight excluding hydrogens is 226 g/mol. The number of nitrogen functional groups attached to an aromatic ring is 1. The lowest BCUT2D eigenvalue weighted by atomic mass is 9.64. The van der Waals surface area contributed by atoms with Gasteiger partial charge in [0.15, 0.2) is 0 Å². The lowest BCUT2D eigenvalue weighted by molar-refractivity contribution is -0.166. The molecule has 3 nitrogen and oxygen atoms in total. The zero-order valence-corrected chi connectivity index (χ0v) is 11.3. The van der Waals surface area contributed by atoms with Crippen LogP contribution in [0, 0.1) is 0 Å². The van der Waals surface area contributed by atoms with Gasteiger partial charge in [-0.25, -0.2) is 0 Å². The molecule has 3 heteroatoms. The maximum absolute atomic E-state index is 12.4. The van der Waals surface area contributed by atoms with Crippen molar-refractivity contribution in [2.24, 2.45) is 0 Å². The van der Waals surface area contributed by atoms with Crippen LogP contribution in [-0.2, 0) is 14.9 Å². The van der Waals surface area contributed by atoms with Crippen LogP contribution in [-0.4, -0.2) is 11.6 Å². The van der Waals surface area contributed by atoms with Gasteiger partial charge in [-0.1, -0.05) is 18.6 Å². The summed E-state index contributed by atoms with van der Waals surface area (Å²) in [5.41, 5.74) is 6.58. The van der Waals surface area contributed by atoms with Crippen molar-refractivity contribution in [2.45, 2.75) is 51.0 Å². The molecule has 0 bridgehead atoms. The fourth-order valence-corrected chi connectivity index (χ4v) is 2.35. The minimum Gasteiger partial charge on any atom is -0.459 e. The van der Waals surface area contributed by atoms with Crippen molar-refractivity contribution in [3.8, 4) is 0 Å². The summed E-state index contributed by atoms with van der Waals surface area (Å²) >= 11 is 0. The molecule has 0 amide bonds. The Balaban J connectivity index is 2.29. The van der Waals surface area contributed by atoms with E-state index in [-0.39, 0.29) is 5.97 Å². The molecule has 0 radical (unpaired) electrons. The van der Waals surface area contributed by atoms with Gasteiger partial charge in [-0.3, -0.25) is 4.79 Å². The molecule has 98 valence electrons. The Hall–Kier alpha value is -1.51. The Morgan fingerprint density at radius 2 is 2.00 bits per heavy atom. The number of carbonyl (C=O) groups excluding carboxylic acids is 1. The third-order valence-electron chi connectivity index (χ3n) is 3.44. The Morgan fingerprint density at radius 1 is 1.33 bits per heavy atom. The highest BCUT2D eigenvalue weighted by molar-refractivity contribution is 5.85. The monoisotopic (exact) mass is 247 g/mol. The number of hydrogen-bond donors (Lipinski definition) is 1. The molecule has 0 heterocycles. The van der Waals surface area contributed by atoms with E-state index in [1.165, 1.54) is 0 Å². The number of nitrogens with two attached hydrogens (primary N) is 1. The molecule has 2 N–H and O–H groups in total. The standard InChI is InChI=1S/C15H21NO2/c1-14(2,3)18-13(17)15(8-5-9-15)11-6-4-7-12(16)10-11/h4,6-7,10H,5,8-9,16H2,1-3H3. The zero-order valence-electron chi connectivity index (χ0n) is 11.3. The van der Waals surface area contributed by atoms with E-state index in [0.29, 0.717) is 5.69 Å². The van der Waals surface area contributed by atoms with E-state index in [1.807, 2.05) is 45.0 Å². The maximum Gasteiger partial charge on any atom is 0.317 e. The molecule has 0 spiro atoms. The first-order valence-electron chi connectivity index (χ1n) is 6.43. The predicted octanol–water partition coefficient (Wildman–Crippen LogP) is 3.03. The molecule has 1 saturated carbocycles. The second-order valence-corrected chi connectivity index (χ2v) is 6.06. The number of esters is 1. The second kappa shape index (κ2) is 4.30. The van der Waals surface area contributed by atoms with E-state index in [9.17, 15) is 4.79 Å². The van der Waals surface area contributed by atoms with E-state index < -0.39 is 11.0 Å². The molecular formula is C15H21NO2. The first-order valence-corrected chi connectivity index (χ1v) is 6.43. The Morgan fingerprint density at radius 3 is 2.44 bits per heavy atom. The van der Waals surface area contributed by atoms with Gasteiger partial charge in [0.1, 0.15) is 5.60 Å². The summed E-state index contributed by atoms with van der Waals surface area (Å²) in [7, 11) is 0. The van der Waals surface area contributed by atoms with Gasteiger partial charge in [-0.05, 0) is 51.3 Å². The van der Waals surface area contributed by atoms with E-state index in [4.69, 9.17) is 10.5 Å². The molecule has 0 unspecified atom stereocenters. The van der Waals surface area contributed by atoms with Crippen molar-refractivity contribution in [2.75, 3.05) is 5.73 Å². The molecule has 0 aliphatic heterocycles. The molecule has 0 saturated heterocycles. The Labute approximate surface area is 108 Å². The molecule has 0 atom stereocenters. The van der Waals surface area contributed by atoms with E-state index in [0.717, 1.165) is 24.8 Å². The number of carbonyl (C=O) groups is 1. The minimum absolute atomic E-state index is 0.119. The fraction of sp³-hybridized carbons (Fsp3) is 0.533. The number of hydrogen-bond acceptors (Lipinski definition) is 3. The van der Waals surface area contributed by atoms with Gasteiger partial charge in [0, 0.05) is 5.69 Å². The summed E-state index contributed by atoms with van der Waals surface area (Å²) in [5, 5.41) is 0. The normalized spacial score (nSPS) is 17.9. The molecule has 1 aromatic rings. The number of benzene rings is 1. The molecule has 1 aliphatic carbocycles. The summed E-state index contributed by atoms with van der Waals surface area (Å²) in [4.78, 5) is 12.4. The lowest BCUT2D eigenvalue weighted by Gasteiger charge is -2.41. The second-order valence-electron chi connectivity index (χ2n) is 6.06. The van der Waals surface area contributed by atoms with Crippen LogP contribution in [0.4, 0.5) is 5.69 Å². The van der Waals surface area contributed by atoms with Gasteiger partial charge in [-0.15, -0.1) is 0 Å². The molecule has 1 aromatic carbocycles. The van der Waals surface area contributed by atoms with Crippen LogP contribution in [0.2, 0.25) is 0 Å². The summed E-state index contributed by atoms with van der Waals surface area (Å²) in [6.07, 6.45) is 2.77. The first kappa shape index (κ1) is 12.9. The van der Waals surface area contributed by atoms with Crippen LogP contribution in [0.1, 0.15) is 45.6 Å². The van der Waals surface area contributed by atoms with E-state index in [2.05, 4.69) is 0 Å². The number of ether oxygens (including phenoxy) is 1. The number of anilines is 1. The van der Waals surface area contributed by atoms with E-state index >= 15 is 0 Å². The average Bonchev–Trinajstić information content (AvgIpc) is 2.12. The number of rotatable bonds is 2.